The zero-order valence-electron chi connectivity index (χ0n) is 17.4. The molecule has 1 atom stereocenters. The number of likely N-dealkylation sites (tertiary alicyclic amines) is 1. The average molecular weight is 423 g/mol. The molecular formula is C22H25N5O4. The van der Waals surface area contributed by atoms with Crippen LogP contribution in [0.3, 0.4) is 0 Å². The van der Waals surface area contributed by atoms with Gasteiger partial charge in [-0.15, -0.1) is 5.10 Å². The van der Waals surface area contributed by atoms with E-state index < -0.39 is 0 Å². The van der Waals surface area contributed by atoms with Gasteiger partial charge in [0, 0.05) is 25.0 Å². The molecule has 162 valence electrons. The van der Waals surface area contributed by atoms with E-state index >= 15 is 0 Å². The third kappa shape index (κ3) is 4.60. The van der Waals surface area contributed by atoms with Crippen LogP contribution in [-0.2, 0) is 16.1 Å². The molecule has 1 aliphatic rings. The van der Waals surface area contributed by atoms with Crippen LogP contribution >= 0.6 is 0 Å². The highest BCUT2D eigenvalue weighted by Gasteiger charge is 2.29. The molecule has 3 aromatic rings. The number of ether oxygens (including phenoxy) is 1. The lowest BCUT2D eigenvalue weighted by atomic mass is 9.98. The first-order valence-electron chi connectivity index (χ1n) is 10.4. The Hall–Kier alpha value is -3.62. The number of carbonyl (C=O) groups is 2. The third-order valence-electron chi connectivity index (χ3n) is 5.33. The summed E-state index contributed by atoms with van der Waals surface area (Å²) in [4.78, 5) is 38.9. The van der Waals surface area contributed by atoms with Crippen molar-refractivity contribution in [2.45, 2.75) is 26.3 Å². The lowest BCUT2D eigenvalue weighted by molar-refractivity contribution is -0.149. The first-order valence-corrected chi connectivity index (χ1v) is 10.4. The Kier molecular flexibility index (Phi) is 6.01. The number of nitrogens with one attached hydrogen (secondary N) is 1. The van der Waals surface area contributed by atoms with E-state index in [0.717, 1.165) is 18.4 Å². The number of rotatable bonds is 5. The highest BCUT2D eigenvalue weighted by Crippen LogP contribution is 2.19. The Morgan fingerprint density at radius 2 is 2.10 bits per heavy atom. The predicted octanol–water partition coefficient (Wildman–Crippen LogP) is 2.35. The molecule has 1 aromatic carbocycles. The summed E-state index contributed by atoms with van der Waals surface area (Å²) in [7, 11) is 0. The second kappa shape index (κ2) is 9.03. The molecule has 0 unspecified atom stereocenters. The van der Waals surface area contributed by atoms with E-state index in [0.29, 0.717) is 37.6 Å². The van der Waals surface area contributed by atoms with Crippen LogP contribution in [0.5, 0.6) is 0 Å². The number of nitrogens with zero attached hydrogens (tertiary/aromatic N) is 4. The van der Waals surface area contributed by atoms with Gasteiger partial charge in [0.15, 0.2) is 5.65 Å². The second-order valence-electron chi connectivity index (χ2n) is 7.54. The molecule has 31 heavy (non-hydrogen) atoms. The Balaban J connectivity index is 1.43. The fourth-order valence-electron chi connectivity index (χ4n) is 3.81. The van der Waals surface area contributed by atoms with Gasteiger partial charge in [0.05, 0.1) is 19.1 Å². The maximum atomic E-state index is 12.7. The van der Waals surface area contributed by atoms with Gasteiger partial charge in [-0.3, -0.25) is 9.20 Å². The molecule has 0 saturated carbocycles. The number of pyridine rings is 1. The van der Waals surface area contributed by atoms with Crippen molar-refractivity contribution in [1.29, 1.82) is 0 Å². The van der Waals surface area contributed by atoms with Crippen LogP contribution in [-0.4, -0.2) is 50.8 Å². The topological polar surface area (TPSA) is 97.9 Å². The predicted molar refractivity (Wildman–Crippen MR) is 115 cm³/mol. The molecule has 0 spiro atoms. The van der Waals surface area contributed by atoms with E-state index in [-0.39, 0.29) is 23.6 Å². The smallest absolute Gasteiger partial charge is 0.350 e. The number of esters is 1. The van der Waals surface area contributed by atoms with Crippen molar-refractivity contribution >= 4 is 23.3 Å². The van der Waals surface area contributed by atoms with Crippen molar-refractivity contribution < 1.29 is 14.3 Å². The highest BCUT2D eigenvalue weighted by molar-refractivity contribution is 5.90. The standard InChI is InChI=1S/C22H25N5O4/c1-2-31-20(28)17-8-6-11-25(15-17)21(29)23-18-9-5-7-16(13-18)14-27-22(30)26-12-4-3-10-19(26)24-27/h3-5,7,9-10,12-13,17H,2,6,8,11,14-15H2,1H3,(H,23,29)/t17-/m0/s1. The molecule has 3 heterocycles. The molecule has 9 heteroatoms. The molecule has 0 aliphatic carbocycles. The fourth-order valence-corrected chi connectivity index (χ4v) is 3.81. The monoisotopic (exact) mass is 423 g/mol. The van der Waals surface area contributed by atoms with Crippen LogP contribution in [0.4, 0.5) is 10.5 Å². The van der Waals surface area contributed by atoms with Crippen molar-refractivity contribution in [3.8, 4) is 0 Å². The number of urea groups is 1. The molecule has 0 bridgehead atoms. The number of anilines is 1. The minimum Gasteiger partial charge on any atom is -0.466 e. The molecule has 9 nitrogen and oxygen atoms in total. The molecule has 4 rings (SSSR count). The molecule has 0 radical (unpaired) electrons. The molecule has 1 aliphatic heterocycles. The van der Waals surface area contributed by atoms with Crippen LogP contribution in [0.1, 0.15) is 25.3 Å². The Labute approximate surface area is 179 Å². The fraction of sp³-hybridized carbons (Fsp3) is 0.364. The van der Waals surface area contributed by atoms with Gasteiger partial charge in [0.2, 0.25) is 0 Å². The number of carbonyl (C=O) groups excluding carboxylic acids is 2. The summed E-state index contributed by atoms with van der Waals surface area (Å²) in [6, 6.07) is 12.4. The molecule has 1 N–H and O–H groups in total. The van der Waals surface area contributed by atoms with E-state index in [1.165, 1.54) is 9.08 Å². The second-order valence-corrected chi connectivity index (χ2v) is 7.54. The highest BCUT2D eigenvalue weighted by atomic mass is 16.5. The number of amides is 2. The van der Waals surface area contributed by atoms with Crippen LogP contribution in [0.2, 0.25) is 0 Å². The van der Waals surface area contributed by atoms with Crippen molar-refractivity contribution in [3.63, 3.8) is 0 Å². The van der Waals surface area contributed by atoms with Gasteiger partial charge >= 0.3 is 17.7 Å². The Morgan fingerprint density at radius 3 is 2.90 bits per heavy atom. The quantitative estimate of drug-likeness (QED) is 0.636. The minimum atomic E-state index is -0.285. The van der Waals surface area contributed by atoms with E-state index in [9.17, 15) is 14.4 Å². The summed E-state index contributed by atoms with van der Waals surface area (Å²) < 4.78 is 7.98. The molecular weight excluding hydrogens is 398 g/mol. The lowest BCUT2D eigenvalue weighted by Crippen LogP contribution is -2.44. The third-order valence-corrected chi connectivity index (χ3v) is 5.33. The van der Waals surface area contributed by atoms with E-state index in [1.54, 1.807) is 36.2 Å². The Morgan fingerprint density at radius 1 is 1.23 bits per heavy atom. The molecule has 2 aromatic heterocycles. The number of piperidine rings is 1. The number of hydrogen-bond donors (Lipinski definition) is 1. The average Bonchev–Trinajstić information content (AvgIpc) is 3.09. The van der Waals surface area contributed by atoms with Crippen molar-refractivity contribution in [1.82, 2.24) is 19.1 Å². The number of hydrogen-bond acceptors (Lipinski definition) is 5. The largest absolute Gasteiger partial charge is 0.466 e. The zero-order valence-corrected chi connectivity index (χ0v) is 17.4. The van der Waals surface area contributed by atoms with E-state index in [2.05, 4.69) is 10.4 Å². The van der Waals surface area contributed by atoms with Crippen molar-refractivity contribution in [3.05, 3.63) is 64.7 Å². The number of aromatic nitrogens is 3. The maximum absolute atomic E-state index is 12.7. The van der Waals surface area contributed by atoms with Gasteiger partial charge in [-0.2, -0.15) is 0 Å². The minimum absolute atomic E-state index is 0.219. The van der Waals surface area contributed by atoms with E-state index in [4.69, 9.17) is 4.74 Å². The normalized spacial score (nSPS) is 16.3. The summed E-state index contributed by atoms with van der Waals surface area (Å²) in [5.74, 6) is -0.535. The SMILES string of the molecule is CCOC(=O)[C@H]1CCCN(C(=O)Nc2cccc(Cn3nc4ccccn4c3=O)c2)C1. The van der Waals surface area contributed by atoms with Crippen LogP contribution < -0.4 is 11.0 Å². The van der Waals surface area contributed by atoms with Crippen molar-refractivity contribution in [2.24, 2.45) is 5.92 Å². The zero-order chi connectivity index (χ0) is 21.8. The van der Waals surface area contributed by atoms with Gasteiger partial charge in [0.25, 0.3) is 0 Å². The van der Waals surface area contributed by atoms with Gasteiger partial charge in [0.1, 0.15) is 0 Å². The summed E-state index contributed by atoms with van der Waals surface area (Å²) in [5, 5.41) is 7.23. The first-order chi connectivity index (χ1) is 15.0. The summed E-state index contributed by atoms with van der Waals surface area (Å²) in [6.45, 7) is 3.35. The number of benzene rings is 1. The summed E-state index contributed by atoms with van der Waals surface area (Å²) in [5.41, 5.74) is 1.82. The van der Waals surface area contributed by atoms with Gasteiger partial charge in [-0.05, 0) is 49.6 Å². The van der Waals surface area contributed by atoms with Gasteiger partial charge < -0.3 is 15.0 Å². The van der Waals surface area contributed by atoms with Crippen LogP contribution in [0.25, 0.3) is 5.65 Å². The molecule has 2 amide bonds. The van der Waals surface area contributed by atoms with Gasteiger partial charge in [-0.1, -0.05) is 18.2 Å². The molecule has 1 saturated heterocycles. The van der Waals surface area contributed by atoms with Crippen molar-refractivity contribution in [2.75, 3.05) is 25.0 Å². The summed E-state index contributed by atoms with van der Waals surface area (Å²) in [6.07, 6.45) is 3.17. The maximum Gasteiger partial charge on any atom is 0.350 e. The van der Waals surface area contributed by atoms with Gasteiger partial charge in [-0.25, -0.2) is 14.3 Å². The van der Waals surface area contributed by atoms with E-state index in [1.807, 2.05) is 24.3 Å². The van der Waals surface area contributed by atoms with Crippen LogP contribution in [0.15, 0.2) is 53.5 Å². The Bertz CT molecular complexity index is 1150. The summed E-state index contributed by atoms with van der Waals surface area (Å²) >= 11 is 0. The molecule has 1 fully saturated rings. The number of fused-ring (bicyclic) bond motifs is 1. The first kappa shape index (κ1) is 20.6. The van der Waals surface area contributed by atoms with Crippen LogP contribution in [0, 0.1) is 5.92 Å². The lowest BCUT2D eigenvalue weighted by Gasteiger charge is -2.31.